The average Bonchev–Trinajstić information content (AvgIpc) is 3.13. The van der Waals surface area contributed by atoms with E-state index in [0.717, 1.165) is 4.90 Å². The van der Waals surface area contributed by atoms with Crippen LogP contribution in [0.2, 0.25) is 0 Å². The Morgan fingerprint density at radius 2 is 1.60 bits per heavy atom. The number of primary amides is 2. The third kappa shape index (κ3) is 6.97. The zero-order valence-corrected chi connectivity index (χ0v) is 16.1. The van der Waals surface area contributed by atoms with Crippen LogP contribution in [0.4, 0.5) is 0 Å². The number of nitrogens with zero attached hydrogens (tertiary/aromatic N) is 1. The van der Waals surface area contributed by atoms with Crippen LogP contribution in [0.3, 0.4) is 0 Å². The normalized spacial score (nSPS) is 18.7. The highest BCUT2D eigenvalue weighted by molar-refractivity contribution is 5.97. The summed E-state index contributed by atoms with van der Waals surface area (Å²) in [7, 11) is 0. The smallest absolute Gasteiger partial charge is 0.328 e. The topological polar surface area (TPSA) is 248 Å². The van der Waals surface area contributed by atoms with Gasteiger partial charge in [0, 0.05) is 6.54 Å². The molecule has 168 valence electrons. The molecule has 0 aliphatic carbocycles. The fraction of sp³-hybridized carbons (Fsp3) is 0.625. The number of hydrogen-bond acceptors (Lipinski definition) is 8. The second-order valence-corrected chi connectivity index (χ2v) is 6.78. The molecule has 0 saturated carbocycles. The number of aliphatic hydroxyl groups is 1. The van der Waals surface area contributed by atoms with Gasteiger partial charge < -0.3 is 42.9 Å². The Morgan fingerprint density at radius 1 is 1.00 bits per heavy atom. The van der Waals surface area contributed by atoms with Crippen molar-refractivity contribution in [3.05, 3.63) is 0 Å². The molecule has 30 heavy (non-hydrogen) atoms. The number of carboxylic acid groups (broad SMARTS) is 1. The summed E-state index contributed by atoms with van der Waals surface area (Å²) in [4.78, 5) is 71.8. The molecule has 14 heteroatoms. The Balaban J connectivity index is 2.94. The summed E-state index contributed by atoms with van der Waals surface area (Å²) in [6, 6.07) is -5.43. The van der Waals surface area contributed by atoms with Crippen LogP contribution in [0, 0.1) is 0 Å². The first kappa shape index (κ1) is 24.8. The number of nitrogens with two attached hydrogens (primary N) is 3. The van der Waals surface area contributed by atoms with E-state index in [1.165, 1.54) is 0 Å². The number of rotatable bonds is 11. The summed E-state index contributed by atoms with van der Waals surface area (Å²) in [5.74, 6) is -5.74. The van der Waals surface area contributed by atoms with E-state index in [9.17, 15) is 28.8 Å². The SMILES string of the molecule is NC(=O)CC(N)C(=O)NC(CC(N)=O)C(=O)N1CCCC1C(=O)NC(CO)C(=O)O. The highest BCUT2D eigenvalue weighted by Gasteiger charge is 2.39. The Morgan fingerprint density at radius 3 is 2.10 bits per heavy atom. The Labute approximate surface area is 171 Å². The van der Waals surface area contributed by atoms with E-state index >= 15 is 0 Å². The van der Waals surface area contributed by atoms with Crippen molar-refractivity contribution in [2.75, 3.05) is 13.2 Å². The molecule has 0 bridgehead atoms. The molecule has 0 aromatic rings. The van der Waals surface area contributed by atoms with Gasteiger partial charge in [-0.2, -0.15) is 0 Å². The lowest BCUT2D eigenvalue weighted by Crippen LogP contribution is -2.58. The summed E-state index contributed by atoms with van der Waals surface area (Å²) < 4.78 is 0. The highest BCUT2D eigenvalue weighted by atomic mass is 16.4. The molecule has 5 amide bonds. The van der Waals surface area contributed by atoms with Crippen LogP contribution in [-0.2, 0) is 28.8 Å². The van der Waals surface area contributed by atoms with Crippen molar-refractivity contribution in [2.45, 2.75) is 49.9 Å². The summed E-state index contributed by atoms with van der Waals surface area (Å²) in [5.41, 5.74) is 15.6. The number of hydrogen-bond donors (Lipinski definition) is 7. The second-order valence-electron chi connectivity index (χ2n) is 6.78. The van der Waals surface area contributed by atoms with Crippen LogP contribution in [0.15, 0.2) is 0 Å². The molecule has 1 saturated heterocycles. The van der Waals surface area contributed by atoms with Crippen molar-refractivity contribution in [3.8, 4) is 0 Å². The Hall–Kier alpha value is -3.26. The van der Waals surface area contributed by atoms with Crippen LogP contribution in [0.1, 0.15) is 25.7 Å². The van der Waals surface area contributed by atoms with Gasteiger partial charge in [-0.05, 0) is 12.8 Å². The fourth-order valence-electron chi connectivity index (χ4n) is 2.95. The van der Waals surface area contributed by atoms with Crippen molar-refractivity contribution < 1.29 is 39.0 Å². The lowest BCUT2D eigenvalue weighted by atomic mass is 10.1. The maximum atomic E-state index is 12.9. The van der Waals surface area contributed by atoms with Crippen molar-refractivity contribution in [2.24, 2.45) is 17.2 Å². The molecule has 0 radical (unpaired) electrons. The van der Waals surface area contributed by atoms with Gasteiger partial charge >= 0.3 is 5.97 Å². The molecule has 1 fully saturated rings. The largest absolute Gasteiger partial charge is 0.480 e. The van der Waals surface area contributed by atoms with Crippen molar-refractivity contribution in [1.82, 2.24) is 15.5 Å². The van der Waals surface area contributed by atoms with Gasteiger partial charge in [-0.1, -0.05) is 0 Å². The van der Waals surface area contributed by atoms with Gasteiger partial charge in [0.05, 0.1) is 25.5 Å². The van der Waals surface area contributed by atoms with Gasteiger partial charge in [-0.25, -0.2) is 4.79 Å². The van der Waals surface area contributed by atoms with Gasteiger partial charge in [0.25, 0.3) is 0 Å². The third-order valence-electron chi connectivity index (χ3n) is 4.41. The molecule has 10 N–H and O–H groups in total. The van der Waals surface area contributed by atoms with Crippen LogP contribution in [0.5, 0.6) is 0 Å². The number of carbonyl (C=O) groups excluding carboxylic acids is 5. The average molecular weight is 430 g/mol. The van der Waals surface area contributed by atoms with Gasteiger partial charge in [0.2, 0.25) is 29.5 Å². The molecule has 0 spiro atoms. The predicted molar refractivity (Wildman–Crippen MR) is 98.9 cm³/mol. The monoisotopic (exact) mass is 430 g/mol. The number of aliphatic hydroxyl groups excluding tert-OH is 1. The molecular formula is C16H26N6O8. The number of nitrogens with one attached hydrogen (secondary N) is 2. The van der Waals surface area contributed by atoms with Crippen LogP contribution < -0.4 is 27.8 Å². The Bertz CT molecular complexity index is 714. The van der Waals surface area contributed by atoms with Crippen molar-refractivity contribution in [3.63, 3.8) is 0 Å². The summed E-state index contributed by atoms with van der Waals surface area (Å²) in [6.07, 6.45) is -0.476. The van der Waals surface area contributed by atoms with Gasteiger partial charge in [0.1, 0.15) is 18.1 Å². The lowest BCUT2D eigenvalue weighted by Gasteiger charge is -2.29. The summed E-state index contributed by atoms with van der Waals surface area (Å²) >= 11 is 0. The minimum absolute atomic E-state index is 0.103. The summed E-state index contributed by atoms with van der Waals surface area (Å²) in [6.45, 7) is -0.744. The molecule has 1 rings (SSSR count). The van der Waals surface area contributed by atoms with E-state index < -0.39 is 79.1 Å². The molecule has 0 aromatic carbocycles. The molecule has 14 nitrogen and oxygen atoms in total. The zero-order chi connectivity index (χ0) is 23.0. The minimum Gasteiger partial charge on any atom is -0.480 e. The fourth-order valence-corrected chi connectivity index (χ4v) is 2.95. The number of likely N-dealkylation sites (tertiary alicyclic amines) is 1. The molecule has 0 aromatic heterocycles. The van der Waals surface area contributed by atoms with Gasteiger partial charge in [-0.3, -0.25) is 24.0 Å². The van der Waals surface area contributed by atoms with Crippen LogP contribution in [0.25, 0.3) is 0 Å². The maximum absolute atomic E-state index is 12.9. The molecule has 4 atom stereocenters. The molecule has 4 unspecified atom stereocenters. The van der Waals surface area contributed by atoms with E-state index in [2.05, 4.69) is 10.6 Å². The zero-order valence-electron chi connectivity index (χ0n) is 16.1. The number of aliphatic carboxylic acids is 1. The molecular weight excluding hydrogens is 404 g/mol. The first-order valence-electron chi connectivity index (χ1n) is 9.05. The molecule has 1 heterocycles. The Kier molecular flexibility index (Phi) is 9.14. The van der Waals surface area contributed by atoms with E-state index in [1.807, 2.05) is 0 Å². The van der Waals surface area contributed by atoms with Crippen molar-refractivity contribution >= 4 is 35.5 Å². The quantitative estimate of drug-likeness (QED) is 0.166. The minimum atomic E-state index is -1.55. The van der Waals surface area contributed by atoms with E-state index in [-0.39, 0.29) is 13.0 Å². The van der Waals surface area contributed by atoms with Crippen molar-refractivity contribution in [1.29, 1.82) is 0 Å². The van der Waals surface area contributed by atoms with E-state index in [1.54, 1.807) is 0 Å². The number of carboxylic acids is 1. The lowest BCUT2D eigenvalue weighted by molar-refractivity contribution is -0.146. The van der Waals surface area contributed by atoms with Gasteiger partial charge in [-0.15, -0.1) is 0 Å². The van der Waals surface area contributed by atoms with E-state index in [4.69, 9.17) is 27.4 Å². The number of amides is 5. The molecule has 1 aliphatic heterocycles. The molecule has 1 aliphatic rings. The maximum Gasteiger partial charge on any atom is 0.328 e. The third-order valence-corrected chi connectivity index (χ3v) is 4.41. The standard InChI is InChI=1S/C16H26N6O8/c17-7(4-11(18)24)13(26)20-8(5-12(19)25)15(28)22-3-1-2-10(22)14(27)21-9(6-23)16(29)30/h7-10,23H,1-6,17H2,(H2,18,24)(H2,19,25)(H,20,26)(H,21,27)(H,29,30). The number of carbonyl (C=O) groups is 6. The van der Waals surface area contributed by atoms with Gasteiger partial charge in [0.15, 0.2) is 0 Å². The van der Waals surface area contributed by atoms with Crippen LogP contribution in [-0.4, -0.2) is 87.9 Å². The first-order chi connectivity index (χ1) is 14.0. The first-order valence-corrected chi connectivity index (χ1v) is 9.05. The second kappa shape index (κ2) is 11.1. The van der Waals surface area contributed by atoms with Crippen LogP contribution >= 0.6 is 0 Å². The summed E-state index contributed by atoms with van der Waals surface area (Å²) in [5, 5.41) is 22.3. The highest BCUT2D eigenvalue weighted by Crippen LogP contribution is 2.19. The predicted octanol–water partition coefficient (Wildman–Crippen LogP) is -4.90. The van der Waals surface area contributed by atoms with E-state index in [0.29, 0.717) is 6.42 Å².